The second-order valence-electron chi connectivity index (χ2n) is 8.13. The number of carbonyl (C=O) groups is 2. The van der Waals surface area contributed by atoms with Crippen LogP contribution in [0.15, 0.2) is 72.8 Å². The van der Waals surface area contributed by atoms with E-state index in [0.717, 1.165) is 21.9 Å². The van der Waals surface area contributed by atoms with Gasteiger partial charge in [0.25, 0.3) is 0 Å². The van der Waals surface area contributed by atoms with Crippen LogP contribution < -0.4 is 5.32 Å². The molecule has 0 aromatic heterocycles. The Labute approximate surface area is 177 Å². The van der Waals surface area contributed by atoms with E-state index in [2.05, 4.69) is 5.32 Å². The Morgan fingerprint density at radius 3 is 2.30 bits per heavy atom. The van der Waals surface area contributed by atoms with E-state index in [4.69, 9.17) is 9.47 Å². The largest absolute Gasteiger partial charge is 0.459 e. The van der Waals surface area contributed by atoms with Gasteiger partial charge in [0.2, 0.25) is 0 Å². The lowest BCUT2D eigenvalue weighted by Gasteiger charge is -2.23. The molecule has 0 aliphatic heterocycles. The summed E-state index contributed by atoms with van der Waals surface area (Å²) in [5.41, 5.74) is 1.17. The van der Waals surface area contributed by atoms with Crippen molar-refractivity contribution < 1.29 is 19.1 Å². The number of fused-ring (bicyclic) bond motifs is 1. The predicted octanol–water partition coefficient (Wildman–Crippen LogP) is 5.02. The highest BCUT2D eigenvalue weighted by Crippen LogP contribution is 2.20. The van der Waals surface area contributed by atoms with Crippen LogP contribution in [0, 0.1) is 0 Å². The van der Waals surface area contributed by atoms with Crippen LogP contribution in [-0.4, -0.2) is 23.7 Å². The highest BCUT2D eigenvalue weighted by Gasteiger charge is 2.26. The SMILES string of the molecule is CC(C)(C)OC(=O)NC(Cc1cccc2ccccc12)C(=O)OCc1ccccc1. The molecule has 3 aromatic carbocycles. The molecule has 0 radical (unpaired) electrons. The topological polar surface area (TPSA) is 64.6 Å². The van der Waals surface area contributed by atoms with E-state index in [1.54, 1.807) is 20.8 Å². The van der Waals surface area contributed by atoms with Gasteiger partial charge in [0, 0.05) is 6.42 Å². The van der Waals surface area contributed by atoms with Gasteiger partial charge in [-0.15, -0.1) is 0 Å². The molecule has 5 nitrogen and oxygen atoms in total. The summed E-state index contributed by atoms with van der Waals surface area (Å²) in [6, 6.07) is 22.4. The zero-order chi connectivity index (χ0) is 21.6. The quantitative estimate of drug-likeness (QED) is 0.585. The summed E-state index contributed by atoms with van der Waals surface area (Å²) in [5, 5.41) is 4.79. The molecular weight excluding hydrogens is 378 g/mol. The van der Waals surface area contributed by atoms with Gasteiger partial charge in [0.05, 0.1) is 0 Å². The summed E-state index contributed by atoms with van der Waals surface area (Å²) in [4.78, 5) is 25.2. The standard InChI is InChI=1S/C25H27NO4/c1-25(2,3)30-24(28)26-22(23(27)29-17-18-10-5-4-6-11-18)16-20-14-9-13-19-12-7-8-15-21(19)20/h4-15,22H,16-17H2,1-3H3,(H,26,28). The third-order valence-corrected chi connectivity index (χ3v) is 4.50. The van der Waals surface area contributed by atoms with Gasteiger partial charge in [-0.1, -0.05) is 72.8 Å². The molecule has 0 saturated heterocycles. The Bertz CT molecular complexity index is 1000. The van der Waals surface area contributed by atoms with Gasteiger partial charge in [0.1, 0.15) is 18.2 Å². The Kier molecular flexibility index (Phi) is 6.72. The van der Waals surface area contributed by atoms with Gasteiger partial charge in [-0.25, -0.2) is 9.59 Å². The van der Waals surface area contributed by atoms with Crippen molar-refractivity contribution in [1.82, 2.24) is 5.32 Å². The Morgan fingerprint density at radius 2 is 1.57 bits per heavy atom. The maximum atomic E-state index is 12.9. The van der Waals surface area contributed by atoms with Crippen LogP contribution in [0.2, 0.25) is 0 Å². The number of rotatable bonds is 6. The first-order valence-corrected chi connectivity index (χ1v) is 9.98. The normalized spacial score (nSPS) is 12.2. The summed E-state index contributed by atoms with van der Waals surface area (Å²) in [5.74, 6) is -0.502. The number of ether oxygens (including phenoxy) is 2. The van der Waals surface area contributed by atoms with Gasteiger partial charge in [-0.2, -0.15) is 0 Å². The smallest absolute Gasteiger partial charge is 0.408 e. The zero-order valence-electron chi connectivity index (χ0n) is 17.6. The Morgan fingerprint density at radius 1 is 0.900 bits per heavy atom. The van der Waals surface area contributed by atoms with Crippen LogP contribution in [0.4, 0.5) is 4.79 Å². The molecule has 0 aliphatic rings. The molecule has 3 rings (SSSR count). The van der Waals surface area contributed by atoms with E-state index in [1.807, 2.05) is 72.8 Å². The second-order valence-corrected chi connectivity index (χ2v) is 8.13. The van der Waals surface area contributed by atoms with Crippen molar-refractivity contribution >= 4 is 22.8 Å². The molecule has 3 aromatic rings. The minimum Gasteiger partial charge on any atom is -0.459 e. The van der Waals surface area contributed by atoms with Crippen LogP contribution in [0.3, 0.4) is 0 Å². The lowest BCUT2D eigenvalue weighted by molar-refractivity contribution is -0.147. The van der Waals surface area contributed by atoms with Crippen molar-refractivity contribution in [2.75, 3.05) is 0 Å². The highest BCUT2D eigenvalue weighted by molar-refractivity contribution is 5.87. The third-order valence-electron chi connectivity index (χ3n) is 4.50. The molecule has 156 valence electrons. The average molecular weight is 405 g/mol. The van der Waals surface area contributed by atoms with Gasteiger partial charge in [-0.05, 0) is 42.7 Å². The first kappa shape index (κ1) is 21.4. The van der Waals surface area contributed by atoms with Gasteiger partial charge in [-0.3, -0.25) is 0 Å². The van der Waals surface area contributed by atoms with E-state index in [-0.39, 0.29) is 6.61 Å². The molecule has 1 amide bonds. The number of hydrogen-bond acceptors (Lipinski definition) is 4. The van der Waals surface area contributed by atoms with Crippen LogP contribution in [0.5, 0.6) is 0 Å². The van der Waals surface area contributed by atoms with Crippen molar-refractivity contribution in [2.24, 2.45) is 0 Å². The summed E-state index contributed by atoms with van der Waals surface area (Å²) < 4.78 is 10.8. The van der Waals surface area contributed by atoms with E-state index >= 15 is 0 Å². The molecule has 0 aliphatic carbocycles. The molecule has 1 atom stereocenters. The molecule has 0 bridgehead atoms. The molecule has 0 saturated carbocycles. The highest BCUT2D eigenvalue weighted by atomic mass is 16.6. The first-order valence-electron chi connectivity index (χ1n) is 9.98. The summed E-state index contributed by atoms with van der Waals surface area (Å²) in [6.45, 7) is 5.47. The van der Waals surface area contributed by atoms with E-state index in [0.29, 0.717) is 6.42 Å². The van der Waals surface area contributed by atoms with Crippen LogP contribution in [0.25, 0.3) is 10.8 Å². The van der Waals surface area contributed by atoms with E-state index < -0.39 is 23.7 Å². The fraction of sp³-hybridized carbons (Fsp3) is 0.280. The van der Waals surface area contributed by atoms with Crippen molar-refractivity contribution in [2.45, 2.75) is 45.4 Å². The van der Waals surface area contributed by atoms with Crippen LogP contribution in [0.1, 0.15) is 31.9 Å². The maximum Gasteiger partial charge on any atom is 0.408 e. The Hall–Kier alpha value is -3.34. The number of esters is 1. The molecule has 0 fully saturated rings. The molecule has 0 spiro atoms. The summed E-state index contributed by atoms with van der Waals surface area (Å²) in [7, 11) is 0. The lowest BCUT2D eigenvalue weighted by atomic mass is 9.99. The maximum absolute atomic E-state index is 12.9. The van der Waals surface area contributed by atoms with Crippen LogP contribution >= 0.6 is 0 Å². The minimum absolute atomic E-state index is 0.141. The van der Waals surface area contributed by atoms with Crippen LogP contribution in [-0.2, 0) is 27.3 Å². The lowest BCUT2D eigenvalue weighted by Crippen LogP contribution is -2.45. The summed E-state index contributed by atoms with van der Waals surface area (Å²) >= 11 is 0. The number of hydrogen-bond donors (Lipinski definition) is 1. The number of benzene rings is 3. The molecule has 5 heteroatoms. The van der Waals surface area contributed by atoms with Gasteiger partial charge in [0.15, 0.2) is 0 Å². The molecule has 1 unspecified atom stereocenters. The number of amides is 1. The Balaban J connectivity index is 1.79. The number of alkyl carbamates (subject to hydrolysis) is 1. The van der Waals surface area contributed by atoms with Gasteiger partial charge >= 0.3 is 12.1 Å². The van der Waals surface area contributed by atoms with Crippen molar-refractivity contribution in [3.63, 3.8) is 0 Å². The molecular formula is C25H27NO4. The van der Waals surface area contributed by atoms with Crippen molar-refractivity contribution in [3.8, 4) is 0 Å². The third kappa shape index (κ3) is 6.08. The number of carbonyl (C=O) groups excluding carboxylic acids is 2. The molecule has 1 N–H and O–H groups in total. The van der Waals surface area contributed by atoms with E-state index in [9.17, 15) is 9.59 Å². The average Bonchev–Trinajstić information content (AvgIpc) is 2.71. The molecule has 30 heavy (non-hydrogen) atoms. The van der Waals surface area contributed by atoms with Gasteiger partial charge < -0.3 is 14.8 Å². The monoisotopic (exact) mass is 405 g/mol. The number of nitrogens with one attached hydrogen (secondary N) is 1. The predicted molar refractivity (Wildman–Crippen MR) is 117 cm³/mol. The van der Waals surface area contributed by atoms with Crippen molar-refractivity contribution in [3.05, 3.63) is 83.9 Å². The summed E-state index contributed by atoms with van der Waals surface area (Å²) in [6.07, 6.45) is -0.349. The first-order chi connectivity index (χ1) is 14.3. The minimum atomic E-state index is -0.866. The van der Waals surface area contributed by atoms with Crippen molar-refractivity contribution in [1.29, 1.82) is 0 Å². The molecule has 0 heterocycles. The fourth-order valence-electron chi connectivity index (χ4n) is 3.16. The van der Waals surface area contributed by atoms with E-state index in [1.165, 1.54) is 0 Å². The second kappa shape index (κ2) is 9.44. The zero-order valence-corrected chi connectivity index (χ0v) is 17.6. The fourth-order valence-corrected chi connectivity index (χ4v) is 3.16.